The molecule has 1 aromatic rings. The molecule has 1 amide bonds. The maximum Gasteiger partial charge on any atom is 0.408 e. The number of ether oxygens (including phenoxy) is 2. The van der Waals surface area contributed by atoms with E-state index < -0.39 is 23.7 Å². The van der Waals surface area contributed by atoms with E-state index in [9.17, 15) is 9.59 Å². The van der Waals surface area contributed by atoms with Crippen molar-refractivity contribution in [3.05, 3.63) is 28.2 Å². The van der Waals surface area contributed by atoms with Crippen molar-refractivity contribution < 1.29 is 24.2 Å². The summed E-state index contributed by atoms with van der Waals surface area (Å²) in [6, 6.07) is 4.42. The first kappa shape index (κ1) is 18.3. The molecule has 1 aromatic carbocycles. The largest absolute Gasteiger partial charge is 0.496 e. The number of rotatable bonds is 5. The Morgan fingerprint density at radius 2 is 2.00 bits per heavy atom. The van der Waals surface area contributed by atoms with Crippen molar-refractivity contribution in [2.24, 2.45) is 0 Å². The van der Waals surface area contributed by atoms with Gasteiger partial charge >= 0.3 is 12.1 Å². The zero-order valence-corrected chi connectivity index (χ0v) is 14.6. The molecule has 7 heteroatoms. The zero-order valence-electron chi connectivity index (χ0n) is 13.0. The smallest absolute Gasteiger partial charge is 0.408 e. The highest BCUT2D eigenvalue weighted by Crippen LogP contribution is 2.29. The Kier molecular flexibility index (Phi) is 6.22. The second-order valence-electron chi connectivity index (χ2n) is 5.69. The van der Waals surface area contributed by atoms with Crippen LogP contribution < -0.4 is 10.1 Å². The van der Waals surface area contributed by atoms with Gasteiger partial charge in [-0.15, -0.1) is 0 Å². The van der Waals surface area contributed by atoms with Crippen LogP contribution in [0.15, 0.2) is 22.7 Å². The standard InChI is InChI=1S/C15H20BrNO5/c1-15(2,3)22-14(20)17-11(8-13(18)19)9-5-6-12(21-4)10(16)7-9/h5-7,11H,8H2,1-4H3,(H,17,20)(H,18,19)/t11-/m1/s1. The van der Waals surface area contributed by atoms with Crippen LogP contribution in [0.5, 0.6) is 5.75 Å². The van der Waals surface area contributed by atoms with Crippen LogP contribution in [0.3, 0.4) is 0 Å². The highest BCUT2D eigenvalue weighted by molar-refractivity contribution is 9.10. The Hall–Kier alpha value is -1.76. The second-order valence-corrected chi connectivity index (χ2v) is 6.54. The third kappa shape index (κ3) is 5.93. The summed E-state index contributed by atoms with van der Waals surface area (Å²) in [6.45, 7) is 5.22. The molecule has 0 spiro atoms. The van der Waals surface area contributed by atoms with E-state index in [1.807, 2.05) is 0 Å². The van der Waals surface area contributed by atoms with Crippen molar-refractivity contribution >= 4 is 28.0 Å². The van der Waals surface area contributed by atoms with Crippen molar-refractivity contribution in [1.82, 2.24) is 5.32 Å². The quantitative estimate of drug-likeness (QED) is 0.824. The maximum atomic E-state index is 11.9. The summed E-state index contributed by atoms with van der Waals surface area (Å²) in [5, 5.41) is 11.6. The fourth-order valence-electron chi connectivity index (χ4n) is 1.78. The van der Waals surface area contributed by atoms with Gasteiger partial charge in [0.05, 0.1) is 24.0 Å². The molecule has 6 nitrogen and oxygen atoms in total. The van der Waals surface area contributed by atoms with Gasteiger partial charge in [0.15, 0.2) is 0 Å². The SMILES string of the molecule is COc1ccc([C@@H](CC(=O)O)NC(=O)OC(C)(C)C)cc1Br. The fraction of sp³-hybridized carbons (Fsp3) is 0.467. The summed E-state index contributed by atoms with van der Waals surface area (Å²) in [6.07, 6.45) is -0.913. The number of hydrogen-bond donors (Lipinski definition) is 2. The number of halogens is 1. The van der Waals surface area contributed by atoms with Crippen molar-refractivity contribution in [2.45, 2.75) is 38.8 Å². The number of hydrogen-bond acceptors (Lipinski definition) is 4. The van der Waals surface area contributed by atoms with Crippen LogP contribution in [0.1, 0.15) is 38.8 Å². The molecule has 22 heavy (non-hydrogen) atoms. The van der Waals surface area contributed by atoms with E-state index in [4.69, 9.17) is 14.6 Å². The topological polar surface area (TPSA) is 84.9 Å². The van der Waals surface area contributed by atoms with E-state index in [0.29, 0.717) is 15.8 Å². The second kappa shape index (κ2) is 7.49. The first-order valence-corrected chi connectivity index (χ1v) is 7.46. The first-order chi connectivity index (χ1) is 10.1. The first-order valence-electron chi connectivity index (χ1n) is 6.67. The van der Waals surface area contributed by atoms with Crippen molar-refractivity contribution in [3.8, 4) is 5.75 Å². The lowest BCUT2D eigenvalue weighted by Crippen LogP contribution is -2.35. The molecule has 0 aromatic heterocycles. The number of methoxy groups -OCH3 is 1. The summed E-state index contributed by atoms with van der Waals surface area (Å²) in [4.78, 5) is 22.9. The van der Waals surface area contributed by atoms with E-state index in [-0.39, 0.29) is 6.42 Å². The summed E-state index contributed by atoms with van der Waals surface area (Å²) in [5.41, 5.74) is -0.0147. The Bertz CT molecular complexity index is 553. The number of alkyl carbamates (subject to hydrolysis) is 1. The summed E-state index contributed by atoms with van der Waals surface area (Å²) >= 11 is 3.34. The molecule has 0 bridgehead atoms. The van der Waals surface area contributed by atoms with Gasteiger partial charge in [-0.2, -0.15) is 0 Å². The van der Waals surface area contributed by atoms with Crippen LogP contribution >= 0.6 is 15.9 Å². The molecule has 1 rings (SSSR count). The zero-order chi connectivity index (χ0) is 16.9. The average Bonchev–Trinajstić information content (AvgIpc) is 2.35. The number of benzene rings is 1. The lowest BCUT2D eigenvalue weighted by molar-refractivity contribution is -0.137. The number of carbonyl (C=O) groups is 2. The van der Waals surface area contributed by atoms with Crippen molar-refractivity contribution in [2.75, 3.05) is 7.11 Å². The third-order valence-corrected chi connectivity index (χ3v) is 3.27. The van der Waals surface area contributed by atoms with Gasteiger partial charge in [-0.25, -0.2) is 4.79 Å². The number of nitrogens with one attached hydrogen (secondary N) is 1. The van der Waals surface area contributed by atoms with E-state index in [2.05, 4.69) is 21.2 Å². The van der Waals surface area contributed by atoms with Crippen LogP contribution in [0.25, 0.3) is 0 Å². The molecule has 1 atom stereocenters. The highest BCUT2D eigenvalue weighted by atomic mass is 79.9. The van der Waals surface area contributed by atoms with E-state index in [1.54, 1.807) is 39.0 Å². The predicted octanol–water partition coefficient (Wildman–Crippen LogP) is 3.50. The molecular formula is C15H20BrNO5. The monoisotopic (exact) mass is 373 g/mol. The summed E-state index contributed by atoms with van der Waals surface area (Å²) in [7, 11) is 1.54. The molecule has 0 heterocycles. The van der Waals surface area contributed by atoms with Gasteiger partial charge in [-0.05, 0) is 54.4 Å². The number of carboxylic acid groups (broad SMARTS) is 1. The van der Waals surface area contributed by atoms with Crippen LogP contribution in [0.4, 0.5) is 4.79 Å². The molecule has 2 N–H and O–H groups in total. The number of aliphatic carboxylic acids is 1. The lowest BCUT2D eigenvalue weighted by Gasteiger charge is -2.23. The molecule has 0 aliphatic heterocycles. The number of carbonyl (C=O) groups excluding carboxylic acids is 1. The molecule has 0 aliphatic carbocycles. The minimum absolute atomic E-state index is 0.252. The molecule has 122 valence electrons. The summed E-state index contributed by atoms with van der Waals surface area (Å²) < 4.78 is 11.0. The Morgan fingerprint density at radius 1 is 1.36 bits per heavy atom. The predicted molar refractivity (Wildman–Crippen MR) is 85.1 cm³/mol. The van der Waals surface area contributed by atoms with Crippen LogP contribution in [-0.2, 0) is 9.53 Å². The molecule has 0 radical (unpaired) electrons. The van der Waals surface area contributed by atoms with Crippen LogP contribution in [-0.4, -0.2) is 29.9 Å². The molecule has 0 aliphatic rings. The van der Waals surface area contributed by atoms with Gasteiger partial charge in [-0.1, -0.05) is 6.07 Å². The van der Waals surface area contributed by atoms with Gasteiger partial charge in [0.25, 0.3) is 0 Å². The molecule has 0 saturated heterocycles. The summed E-state index contributed by atoms with van der Waals surface area (Å²) in [5.74, 6) is -0.400. The molecule has 0 fully saturated rings. The lowest BCUT2D eigenvalue weighted by atomic mass is 10.0. The van der Waals surface area contributed by atoms with Gasteiger partial charge in [0.1, 0.15) is 11.4 Å². The van der Waals surface area contributed by atoms with Gasteiger partial charge in [-0.3, -0.25) is 4.79 Å². The van der Waals surface area contributed by atoms with E-state index in [1.165, 1.54) is 7.11 Å². The normalized spacial score (nSPS) is 12.4. The average molecular weight is 374 g/mol. The molecular weight excluding hydrogens is 354 g/mol. The fourth-order valence-corrected chi connectivity index (χ4v) is 2.33. The molecule has 0 saturated carbocycles. The Balaban J connectivity index is 2.95. The number of amides is 1. The van der Waals surface area contributed by atoms with Crippen LogP contribution in [0.2, 0.25) is 0 Å². The highest BCUT2D eigenvalue weighted by Gasteiger charge is 2.23. The Morgan fingerprint density at radius 3 is 2.45 bits per heavy atom. The Labute approximate surface area is 137 Å². The van der Waals surface area contributed by atoms with Gasteiger partial charge in [0.2, 0.25) is 0 Å². The molecule has 0 unspecified atom stereocenters. The van der Waals surface area contributed by atoms with Crippen LogP contribution in [0, 0.1) is 0 Å². The minimum atomic E-state index is -1.02. The number of carboxylic acids is 1. The van der Waals surface area contributed by atoms with Crippen molar-refractivity contribution in [3.63, 3.8) is 0 Å². The minimum Gasteiger partial charge on any atom is -0.496 e. The van der Waals surface area contributed by atoms with Crippen molar-refractivity contribution in [1.29, 1.82) is 0 Å². The third-order valence-electron chi connectivity index (χ3n) is 2.65. The van der Waals surface area contributed by atoms with E-state index in [0.717, 1.165) is 0 Å². The van der Waals surface area contributed by atoms with E-state index >= 15 is 0 Å². The van der Waals surface area contributed by atoms with Gasteiger partial charge in [0, 0.05) is 0 Å². The van der Waals surface area contributed by atoms with Gasteiger partial charge < -0.3 is 19.9 Å². The maximum absolute atomic E-state index is 11.9.